The van der Waals surface area contributed by atoms with E-state index in [2.05, 4.69) is 54.7 Å². The second kappa shape index (κ2) is 27.6. The quantitative estimate of drug-likeness (QED) is 0.0258. The molecule has 4 aromatic carbocycles. The molecule has 14 nitrogen and oxygen atoms in total. The predicted octanol–water partition coefficient (Wildman–Crippen LogP) is 10.8. The lowest BCUT2D eigenvalue weighted by atomic mass is 10.0. The predicted molar refractivity (Wildman–Crippen MR) is 314 cm³/mol. The first-order valence-electron chi connectivity index (χ1n) is 27.9. The number of carbonyl (C=O) groups excluding carboxylic acids is 2. The molecule has 22 heteroatoms. The van der Waals surface area contributed by atoms with Crippen molar-refractivity contribution in [3.05, 3.63) is 108 Å². The number of alkyl halides is 6. The average molecular weight is 1190 g/mol. The Hall–Kier alpha value is -6.98. The number of piperidine rings is 2. The number of rotatable bonds is 24. The Morgan fingerprint density at radius 3 is 1.24 bits per heavy atom. The number of fused-ring (bicyclic) bond motifs is 2. The summed E-state index contributed by atoms with van der Waals surface area (Å²) >= 11 is 0. The summed E-state index contributed by atoms with van der Waals surface area (Å²) in [5.41, 5.74) is 3.91. The third kappa shape index (κ3) is 18.5. The Morgan fingerprint density at radius 1 is 0.530 bits per heavy atom. The van der Waals surface area contributed by atoms with Crippen LogP contribution in [0.4, 0.5) is 49.1 Å². The minimum atomic E-state index is -4.48. The Balaban J connectivity index is 0.706. The van der Waals surface area contributed by atoms with E-state index in [9.17, 15) is 52.8 Å². The van der Waals surface area contributed by atoms with Crippen LogP contribution >= 0.6 is 0 Å². The minimum Gasteiger partial charge on any atom is -0.382 e. The summed E-state index contributed by atoms with van der Waals surface area (Å²) in [6, 6.07) is 26.2. The van der Waals surface area contributed by atoms with E-state index < -0.39 is 45.1 Å². The largest absolute Gasteiger partial charge is 0.406 e. The number of nitrogens with one attached hydrogen (secondary N) is 4. The van der Waals surface area contributed by atoms with Crippen molar-refractivity contribution >= 4 is 75.8 Å². The molecule has 4 heterocycles. The molecule has 6 aromatic rings. The molecule has 4 N–H and O–H groups in total. The number of likely N-dealkylation sites (tertiary alicyclic amines) is 2. The number of Topliss-reactive ketones (excluding diaryl/α,β-unsaturated/α-hetero) is 2. The van der Waals surface area contributed by atoms with Crippen molar-refractivity contribution in [2.75, 3.05) is 86.1 Å². The smallest absolute Gasteiger partial charge is 0.382 e. The standard InChI is InChI=1S/C61H70F6N8O6S2/c1-82(78,79)52-24-20-44(21-25-52)68-32-10-12-48-38-54-56(16-8-18-58(54)74(48)42-60(62,63)64)70-46-28-34-72(35-29-46)40-50(76)14-6-4-3-5-7-15-51(77)41-73-36-30-47(31-37-73)71-57-17-9-19-59-55(57)39-49(75(59)43-61(65,66)67)13-11-33-69-45-22-26-53(27-23-45)83(2,80)81/h8-9,16-27,38-39,46-47,68-71H,3-7,14-15,28-37,40-43H2,1-2H3. The first-order valence-corrected chi connectivity index (χ1v) is 31.7. The molecule has 0 saturated carbocycles. The number of anilines is 4. The Bertz CT molecular complexity index is 3350. The maximum absolute atomic E-state index is 13.8. The van der Waals surface area contributed by atoms with Crippen LogP contribution in [0.25, 0.3) is 21.8 Å². The zero-order valence-corrected chi connectivity index (χ0v) is 48.2. The summed E-state index contributed by atoms with van der Waals surface area (Å²) in [6.07, 6.45) is 1.58. The van der Waals surface area contributed by atoms with E-state index in [0.717, 1.165) is 70.3 Å². The highest BCUT2D eigenvalue weighted by atomic mass is 32.2. The first-order chi connectivity index (χ1) is 39.4. The van der Waals surface area contributed by atoms with Crippen molar-refractivity contribution in [2.45, 2.75) is 118 Å². The van der Waals surface area contributed by atoms with Crippen LogP contribution in [-0.4, -0.2) is 137 Å². The highest BCUT2D eigenvalue weighted by molar-refractivity contribution is 7.91. The van der Waals surface area contributed by atoms with Gasteiger partial charge in [0.1, 0.15) is 24.7 Å². The first kappa shape index (κ1) is 62.1. The third-order valence-corrected chi connectivity index (χ3v) is 17.2. The van der Waals surface area contributed by atoms with Gasteiger partial charge in [-0.1, -0.05) is 43.2 Å². The van der Waals surface area contributed by atoms with Gasteiger partial charge in [-0.25, -0.2) is 16.8 Å². The van der Waals surface area contributed by atoms with Gasteiger partial charge in [0, 0.05) is 97.1 Å². The van der Waals surface area contributed by atoms with E-state index in [-0.39, 0.29) is 57.9 Å². The lowest BCUT2D eigenvalue weighted by molar-refractivity contribution is -0.140. The molecule has 0 amide bonds. The van der Waals surface area contributed by atoms with E-state index in [1.54, 1.807) is 60.7 Å². The topological polar surface area (TPSA) is 167 Å². The molecule has 2 aliphatic heterocycles. The second-order valence-corrected chi connectivity index (χ2v) is 25.6. The Morgan fingerprint density at radius 2 is 0.892 bits per heavy atom. The number of carbonyl (C=O) groups is 2. The molecule has 2 saturated heterocycles. The van der Waals surface area contributed by atoms with Crippen molar-refractivity contribution in [1.29, 1.82) is 0 Å². The molecule has 0 radical (unpaired) electrons. The Labute approximate surface area is 481 Å². The number of nitrogens with zero attached hydrogens (tertiary/aromatic N) is 4. The molecule has 2 aliphatic rings. The van der Waals surface area contributed by atoms with Gasteiger partial charge in [-0.05, 0) is 135 Å². The summed E-state index contributed by atoms with van der Waals surface area (Å²) in [4.78, 5) is 30.6. The normalized spacial score (nSPS) is 15.1. The van der Waals surface area contributed by atoms with Crippen LogP contribution in [0, 0.1) is 23.7 Å². The second-order valence-electron chi connectivity index (χ2n) is 21.6. The van der Waals surface area contributed by atoms with Crippen LogP contribution in [0.15, 0.2) is 107 Å². The summed E-state index contributed by atoms with van der Waals surface area (Å²) < 4.78 is 132. The van der Waals surface area contributed by atoms with Crippen molar-refractivity contribution < 1.29 is 52.8 Å². The van der Waals surface area contributed by atoms with Gasteiger partial charge in [0.25, 0.3) is 0 Å². The fourth-order valence-electron chi connectivity index (χ4n) is 10.7. The fraction of sp³-hybridized carbons (Fsp3) is 0.443. The number of aromatic nitrogens is 2. The van der Waals surface area contributed by atoms with E-state index in [0.29, 0.717) is 96.7 Å². The van der Waals surface area contributed by atoms with Gasteiger partial charge in [0.05, 0.1) is 58.4 Å². The summed E-state index contributed by atoms with van der Waals surface area (Å²) in [6.45, 7) is 1.40. The number of benzene rings is 4. The van der Waals surface area contributed by atoms with Gasteiger partial charge >= 0.3 is 12.4 Å². The van der Waals surface area contributed by atoms with Crippen molar-refractivity contribution in [3.8, 4) is 23.7 Å². The molecule has 0 spiro atoms. The number of sulfone groups is 2. The zero-order valence-electron chi connectivity index (χ0n) is 46.6. The van der Waals surface area contributed by atoms with Gasteiger partial charge in [0.15, 0.2) is 19.7 Å². The lowest BCUT2D eigenvalue weighted by Crippen LogP contribution is -2.41. The van der Waals surface area contributed by atoms with Crippen molar-refractivity contribution in [3.63, 3.8) is 0 Å². The molecular formula is C61H70F6N8O6S2. The molecule has 0 unspecified atom stereocenters. The third-order valence-electron chi connectivity index (χ3n) is 14.9. The lowest BCUT2D eigenvalue weighted by Gasteiger charge is -2.32. The number of halogens is 6. The van der Waals surface area contributed by atoms with Crippen LogP contribution in [0.5, 0.6) is 0 Å². The molecule has 8 rings (SSSR count). The molecule has 0 atom stereocenters. The average Bonchev–Trinajstić information content (AvgIpc) is 4.16. The summed E-state index contributed by atoms with van der Waals surface area (Å²) in [7, 11) is -6.71. The highest BCUT2D eigenvalue weighted by Gasteiger charge is 2.32. The fourth-order valence-corrected chi connectivity index (χ4v) is 11.9. The monoisotopic (exact) mass is 1190 g/mol. The van der Waals surface area contributed by atoms with Gasteiger partial charge in [0.2, 0.25) is 0 Å². The van der Waals surface area contributed by atoms with E-state index >= 15 is 0 Å². The molecule has 2 aromatic heterocycles. The molecule has 444 valence electrons. The van der Waals surface area contributed by atoms with Gasteiger partial charge in [-0.3, -0.25) is 19.4 Å². The highest BCUT2D eigenvalue weighted by Crippen LogP contribution is 2.34. The summed E-state index contributed by atoms with van der Waals surface area (Å²) in [5.74, 6) is 12.0. The number of ketones is 2. The van der Waals surface area contributed by atoms with Gasteiger partial charge in [-0.2, -0.15) is 26.3 Å². The SMILES string of the molecule is CS(=O)(=O)c1ccc(NCC#Cc2cc3c(NC4CCN(CC(=O)CCCCCCCC(=O)CN5CCC(Nc6cccc7c6cc(C#CCNc6ccc(S(C)(=O)=O)cc6)n7CC(F)(F)F)CC5)CC4)cccc3n2CC(F)(F)F)cc1. The van der Waals surface area contributed by atoms with Crippen LogP contribution in [-0.2, 0) is 42.4 Å². The maximum Gasteiger partial charge on any atom is 0.406 e. The minimum absolute atomic E-state index is 0.0602. The summed E-state index contributed by atoms with van der Waals surface area (Å²) in [5, 5.41) is 14.5. The van der Waals surface area contributed by atoms with Crippen molar-refractivity contribution in [1.82, 2.24) is 18.9 Å². The van der Waals surface area contributed by atoms with E-state index in [1.807, 2.05) is 12.1 Å². The molecule has 2 fully saturated rings. The molecule has 0 aliphatic carbocycles. The number of unbranched alkanes of at least 4 members (excludes halogenated alkanes) is 4. The number of hydrogen-bond donors (Lipinski definition) is 4. The Kier molecular flexibility index (Phi) is 20.6. The zero-order chi connectivity index (χ0) is 59.4. The van der Waals surface area contributed by atoms with Gasteiger partial charge in [-0.15, -0.1) is 0 Å². The van der Waals surface area contributed by atoms with E-state index in [4.69, 9.17) is 0 Å². The molecule has 0 bridgehead atoms. The van der Waals surface area contributed by atoms with Crippen LogP contribution in [0.2, 0.25) is 0 Å². The van der Waals surface area contributed by atoms with Crippen LogP contribution in [0.3, 0.4) is 0 Å². The molecular weight excluding hydrogens is 1120 g/mol. The van der Waals surface area contributed by atoms with Crippen LogP contribution in [0.1, 0.15) is 82.0 Å². The number of hydrogen-bond acceptors (Lipinski definition) is 12. The van der Waals surface area contributed by atoms with E-state index in [1.165, 1.54) is 33.4 Å². The van der Waals surface area contributed by atoms with Crippen molar-refractivity contribution in [2.24, 2.45) is 0 Å². The molecule has 83 heavy (non-hydrogen) atoms. The van der Waals surface area contributed by atoms with Gasteiger partial charge < -0.3 is 30.4 Å². The maximum atomic E-state index is 13.8. The van der Waals surface area contributed by atoms with Crippen LogP contribution < -0.4 is 21.3 Å².